The normalized spacial score (nSPS) is 18.7. The van der Waals surface area contributed by atoms with Crippen LogP contribution in [-0.2, 0) is 0 Å². The Morgan fingerprint density at radius 1 is 0.871 bits per heavy atom. The largest absolute Gasteiger partial charge is 0.455 e. The first kappa shape index (κ1) is 13.1. The van der Waals surface area contributed by atoms with Gasteiger partial charge in [-0.3, -0.25) is 4.98 Å². The zero-order valence-electron chi connectivity index (χ0n) is 23.1. The molecule has 2 aromatic heterocycles. The van der Waals surface area contributed by atoms with Gasteiger partial charge < -0.3 is 4.42 Å². The zero-order valence-corrected chi connectivity index (χ0v) is 17.1. The van der Waals surface area contributed by atoms with Crippen LogP contribution in [-0.4, -0.2) is 4.98 Å². The lowest BCUT2D eigenvalue weighted by Gasteiger charge is -2.22. The van der Waals surface area contributed by atoms with Crippen LogP contribution in [0.1, 0.15) is 51.8 Å². The third-order valence-electron chi connectivity index (χ3n) is 6.19. The molecule has 0 atom stereocenters. The highest BCUT2D eigenvalue weighted by atomic mass is 16.3. The molecule has 1 saturated carbocycles. The summed E-state index contributed by atoms with van der Waals surface area (Å²) in [5.41, 5.74) is 4.45. The maximum absolute atomic E-state index is 9.03. The van der Waals surface area contributed by atoms with E-state index in [1.54, 1.807) is 18.3 Å². The first-order valence-electron chi connectivity index (χ1n) is 13.8. The van der Waals surface area contributed by atoms with Gasteiger partial charge in [0.15, 0.2) is 0 Å². The molecule has 0 amide bonds. The molecule has 0 unspecified atom stereocenters. The van der Waals surface area contributed by atoms with Crippen LogP contribution >= 0.6 is 0 Å². The SMILES string of the molecule is [2H]c1c([2H])c([2H])c(-c2ccc3c(c2)oc2c(-c4cc(C5([2H])CCCCC5)ccn4)cccc23)c([2H])c1[2H]. The molecule has 31 heavy (non-hydrogen) atoms. The summed E-state index contributed by atoms with van der Waals surface area (Å²) in [5.74, 6) is -0.587. The highest BCUT2D eigenvalue weighted by molar-refractivity contribution is 6.10. The molecular weight excluding hydrogens is 378 g/mol. The Bertz CT molecular complexity index is 1660. The quantitative estimate of drug-likeness (QED) is 0.299. The van der Waals surface area contributed by atoms with Crippen molar-refractivity contribution in [3.8, 4) is 22.4 Å². The molecule has 0 radical (unpaired) electrons. The number of rotatable bonds is 3. The van der Waals surface area contributed by atoms with E-state index < -0.39 is 11.9 Å². The van der Waals surface area contributed by atoms with Gasteiger partial charge in [-0.1, -0.05) is 67.7 Å². The molecule has 2 heterocycles. The van der Waals surface area contributed by atoms with E-state index in [9.17, 15) is 0 Å². The van der Waals surface area contributed by atoms with Crippen molar-refractivity contribution in [1.29, 1.82) is 0 Å². The molecule has 2 nitrogen and oxygen atoms in total. The minimum Gasteiger partial charge on any atom is -0.455 e. The Hall–Kier alpha value is -3.39. The summed E-state index contributed by atoms with van der Waals surface area (Å²) in [5, 5.41) is 1.78. The van der Waals surface area contributed by atoms with E-state index in [4.69, 9.17) is 12.6 Å². The van der Waals surface area contributed by atoms with E-state index in [0.717, 1.165) is 53.3 Å². The third kappa shape index (κ3) is 3.33. The standard InChI is InChI=1S/C29H25NO/c1-3-8-20(9-4-1)22-14-15-24-25-12-7-13-26(29(25)31-28(24)19-22)27-18-23(16-17-30-27)21-10-5-2-6-11-21/h1,3-4,7-9,12-19,21H,2,5-6,10-11H2/i1D,3D,4D,8D,9D,21D. The van der Waals surface area contributed by atoms with Gasteiger partial charge in [-0.05, 0) is 65.8 Å². The molecule has 1 fully saturated rings. The molecule has 1 aliphatic rings. The van der Waals surface area contributed by atoms with Crippen molar-refractivity contribution in [2.24, 2.45) is 0 Å². The van der Waals surface area contributed by atoms with Crippen LogP contribution in [0.15, 0.2) is 89.4 Å². The molecule has 1 aliphatic carbocycles. The number of nitrogens with zero attached hydrogens (tertiary/aromatic N) is 1. The monoisotopic (exact) mass is 409 g/mol. The predicted molar refractivity (Wildman–Crippen MR) is 128 cm³/mol. The lowest BCUT2D eigenvalue weighted by atomic mass is 9.84. The second-order valence-electron chi connectivity index (χ2n) is 8.09. The van der Waals surface area contributed by atoms with E-state index in [2.05, 4.69) is 4.98 Å². The summed E-state index contributed by atoms with van der Waals surface area (Å²) in [4.78, 5) is 4.62. The summed E-state index contributed by atoms with van der Waals surface area (Å²) >= 11 is 0. The van der Waals surface area contributed by atoms with Crippen LogP contribution in [0.4, 0.5) is 0 Å². The number of hydrogen-bond acceptors (Lipinski definition) is 2. The van der Waals surface area contributed by atoms with E-state index in [-0.39, 0.29) is 29.7 Å². The van der Waals surface area contributed by atoms with Crippen LogP contribution in [0.25, 0.3) is 44.3 Å². The van der Waals surface area contributed by atoms with Gasteiger partial charge in [0.25, 0.3) is 0 Å². The van der Waals surface area contributed by atoms with Crippen LogP contribution in [0.3, 0.4) is 0 Å². The maximum Gasteiger partial charge on any atom is 0.144 e. The average molecular weight is 410 g/mol. The zero-order chi connectivity index (χ0) is 25.9. The summed E-state index contributed by atoms with van der Waals surface area (Å²) in [6.07, 6.45) is 6.79. The first-order valence-corrected chi connectivity index (χ1v) is 10.8. The van der Waals surface area contributed by atoms with Gasteiger partial charge in [-0.25, -0.2) is 0 Å². The van der Waals surface area contributed by atoms with Gasteiger partial charge in [-0.15, -0.1) is 0 Å². The van der Waals surface area contributed by atoms with Crippen molar-refractivity contribution in [1.82, 2.24) is 4.98 Å². The number of aromatic nitrogens is 1. The molecule has 3 aromatic carbocycles. The molecule has 5 aromatic rings. The molecule has 6 rings (SSSR count). The number of para-hydroxylation sites is 1. The summed E-state index contributed by atoms with van der Waals surface area (Å²) in [7, 11) is 0. The smallest absolute Gasteiger partial charge is 0.144 e. The Morgan fingerprint density at radius 3 is 2.61 bits per heavy atom. The van der Waals surface area contributed by atoms with Gasteiger partial charge in [0.2, 0.25) is 0 Å². The minimum atomic E-state index is -0.587. The number of fused-ring (bicyclic) bond motifs is 3. The lowest BCUT2D eigenvalue weighted by Crippen LogP contribution is -2.04. The fraction of sp³-hybridized carbons (Fsp3) is 0.207. The Morgan fingerprint density at radius 2 is 1.74 bits per heavy atom. The average Bonchev–Trinajstić information content (AvgIpc) is 3.29. The van der Waals surface area contributed by atoms with E-state index in [0.29, 0.717) is 16.7 Å². The van der Waals surface area contributed by atoms with Crippen molar-refractivity contribution in [2.45, 2.75) is 38.0 Å². The molecule has 0 saturated heterocycles. The van der Waals surface area contributed by atoms with Crippen molar-refractivity contribution < 1.29 is 12.6 Å². The number of furan rings is 1. The minimum absolute atomic E-state index is 0.149. The van der Waals surface area contributed by atoms with E-state index in [1.165, 1.54) is 6.42 Å². The van der Waals surface area contributed by atoms with Crippen molar-refractivity contribution in [3.63, 3.8) is 0 Å². The van der Waals surface area contributed by atoms with Crippen molar-refractivity contribution >= 4 is 21.9 Å². The van der Waals surface area contributed by atoms with Crippen LogP contribution in [0.2, 0.25) is 0 Å². The highest BCUT2D eigenvalue weighted by Crippen LogP contribution is 2.38. The van der Waals surface area contributed by atoms with Crippen molar-refractivity contribution in [2.75, 3.05) is 0 Å². The molecule has 0 N–H and O–H groups in total. The van der Waals surface area contributed by atoms with Gasteiger partial charge in [0.05, 0.1) is 12.5 Å². The Kier molecular flexibility index (Phi) is 3.26. The molecular formula is C29H25NO. The van der Waals surface area contributed by atoms with Gasteiger partial charge in [-0.2, -0.15) is 0 Å². The summed E-state index contributed by atoms with van der Waals surface area (Å²) < 4.78 is 55.9. The second-order valence-corrected chi connectivity index (χ2v) is 8.09. The Labute approximate surface area is 191 Å². The predicted octanol–water partition coefficient (Wildman–Crippen LogP) is 8.36. The van der Waals surface area contributed by atoms with Gasteiger partial charge >= 0.3 is 0 Å². The highest BCUT2D eigenvalue weighted by Gasteiger charge is 2.18. The molecule has 2 heteroatoms. The molecule has 0 spiro atoms. The fourth-order valence-corrected chi connectivity index (χ4v) is 4.61. The molecule has 0 bridgehead atoms. The second kappa shape index (κ2) is 7.70. The topological polar surface area (TPSA) is 26.0 Å². The molecule has 0 aliphatic heterocycles. The number of hydrogen-bond donors (Lipinski definition) is 0. The lowest BCUT2D eigenvalue weighted by molar-refractivity contribution is 0.443. The van der Waals surface area contributed by atoms with Crippen LogP contribution in [0.5, 0.6) is 0 Å². The van der Waals surface area contributed by atoms with Gasteiger partial charge in [0, 0.05) is 23.9 Å². The van der Waals surface area contributed by atoms with E-state index in [1.807, 2.05) is 36.4 Å². The maximum atomic E-state index is 9.03. The van der Waals surface area contributed by atoms with E-state index >= 15 is 0 Å². The number of benzene rings is 3. The fourth-order valence-electron chi connectivity index (χ4n) is 4.61. The summed E-state index contributed by atoms with van der Waals surface area (Å²) in [6.45, 7) is 0. The van der Waals surface area contributed by atoms with Crippen molar-refractivity contribution in [3.05, 3.63) is 90.5 Å². The first-order chi connectivity index (χ1) is 17.8. The van der Waals surface area contributed by atoms with Crippen LogP contribution in [0, 0.1) is 0 Å². The summed E-state index contributed by atoms with van der Waals surface area (Å²) in [6, 6.07) is 13.6. The van der Waals surface area contributed by atoms with Crippen LogP contribution < -0.4 is 0 Å². The number of pyridine rings is 1. The third-order valence-corrected chi connectivity index (χ3v) is 6.19. The Balaban J connectivity index is 1.50. The molecule has 152 valence electrons. The van der Waals surface area contributed by atoms with Gasteiger partial charge in [0.1, 0.15) is 11.2 Å².